The van der Waals surface area contributed by atoms with Gasteiger partial charge in [0.15, 0.2) is 0 Å². The van der Waals surface area contributed by atoms with Crippen LogP contribution in [0.15, 0.2) is 42.5 Å². The van der Waals surface area contributed by atoms with Crippen molar-refractivity contribution in [2.75, 3.05) is 45.2 Å². The minimum Gasteiger partial charge on any atom is -0.497 e. The topological polar surface area (TPSA) is 75.5 Å². The number of amides is 1. The SMILES string of the molecule is COc1ccc(CN2CCN(CC(=O)Nc3ccc4c(c3)CCc3nnc(C)n3-4)CC2)cc1. The number of nitrogens with one attached hydrogen (secondary N) is 1. The minimum absolute atomic E-state index is 0.0375. The summed E-state index contributed by atoms with van der Waals surface area (Å²) in [7, 11) is 1.68. The van der Waals surface area contributed by atoms with E-state index in [4.69, 9.17) is 4.74 Å². The first-order chi connectivity index (χ1) is 16.1. The van der Waals surface area contributed by atoms with Crippen molar-refractivity contribution in [2.24, 2.45) is 0 Å². The lowest BCUT2D eigenvalue weighted by Crippen LogP contribution is -2.48. The molecule has 1 amide bonds. The van der Waals surface area contributed by atoms with E-state index < -0.39 is 0 Å². The number of nitrogens with zero attached hydrogens (tertiary/aromatic N) is 5. The van der Waals surface area contributed by atoms with E-state index in [0.29, 0.717) is 6.54 Å². The first-order valence-electron chi connectivity index (χ1n) is 11.5. The number of hydrogen-bond donors (Lipinski definition) is 1. The summed E-state index contributed by atoms with van der Waals surface area (Å²) in [6.07, 6.45) is 1.78. The molecule has 0 unspecified atom stereocenters. The van der Waals surface area contributed by atoms with Crippen LogP contribution in [0.1, 0.15) is 22.8 Å². The third-order valence-electron chi connectivity index (χ3n) is 6.51. The maximum absolute atomic E-state index is 12.7. The average molecular weight is 447 g/mol. The van der Waals surface area contributed by atoms with E-state index in [-0.39, 0.29) is 5.91 Å². The van der Waals surface area contributed by atoms with Crippen LogP contribution in [0.3, 0.4) is 0 Å². The predicted octanol–water partition coefficient (Wildman–Crippen LogP) is 2.44. The van der Waals surface area contributed by atoms with Gasteiger partial charge in [0.25, 0.3) is 0 Å². The molecule has 1 N–H and O–H groups in total. The third-order valence-corrected chi connectivity index (χ3v) is 6.51. The first-order valence-corrected chi connectivity index (χ1v) is 11.5. The van der Waals surface area contributed by atoms with Gasteiger partial charge in [-0.15, -0.1) is 10.2 Å². The molecule has 0 spiro atoms. The van der Waals surface area contributed by atoms with Gasteiger partial charge in [0.05, 0.1) is 19.3 Å². The zero-order valence-electron chi connectivity index (χ0n) is 19.3. The van der Waals surface area contributed by atoms with Crippen molar-refractivity contribution in [1.82, 2.24) is 24.6 Å². The summed E-state index contributed by atoms with van der Waals surface area (Å²) in [4.78, 5) is 17.3. The Labute approximate surface area is 194 Å². The van der Waals surface area contributed by atoms with Crippen molar-refractivity contribution in [2.45, 2.75) is 26.3 Å². The molecule has 1 aromatic heterocycles. The lowest BCUT2D eigenvalue weighted by atomic mass is 10.0. The molecule has 172 valence electrons. The third kappa shape index (κ3) is 4.77. The van der Waals surface area contributed by atoms with Crippen molar-refractivity contribution in [1.29, 1.82) is 0 Å². The lowest BCUT2D eigenvalue weighted by Gasteiger charge is -2.34. The van der Waals surface area contributed by atoms with E-state index in [1.54, 1.807) is 7.11 Å². The van der Waals surface area contributed by atoms with E-state index >= 15 is 0 Å². The Balaban J connectivity index is 1.12. The number of aryl methyl sites for hydroxylation is 3. The number of aromatic nitrogens is 3. The van der Waals surface area contributed by atoms with Gasteiger partial charge >= 0.3 is 0 Å². The molecule has 8 nitrogen and oxygen atoms in total. The monoisotopic (exact) mass is 446 g/mol. The molecule has 1 saturated heterocycles. The Morgan fingerprint density at radius 3 is 2.52 bits per heavy atom. The molecule has 2 aromatic carbocycles. The van der Waals surface area contributed by atoms with Crippen LogP contribution in [0.2, 0.25) is 0 Å². The second-order valence-corrected chi connectivity index (χ2v) is 8.79. The fraction of sp³-hybridized carbons (Fsp3) is 0.400. The quantitative estimate of drug-likeness (QED) is 0.627. The number of hydrogen-bond acceptors (Lipinski definition) is 6. The fourth-order valence-corrected chi connectivity index (χ4v) is 4.71. The van der Waals surface area contributed by atoms with E-state index in [2.05, 4.69) is 54.1 Å². The Kier molecular flexibility index (Phi) is 6.11. The minimum atomic E-state index is 0.0375. The fourth-order valence-electron chi connectivity index (χ4n) is 4.71. The molecule has 0 aliphatic carbocycles. The van der Waals surface area contributed by atoms with Gasteiger partial charge in [0, 0.05) is 44.8 Å². The molecule has 2 aliphatic rings. The van der Waals surface area contributed by atoms with E-state index in [1.165, 1.54) is 11.1 Å². The molecule has 3 aromatic rings. The molecule has 3 heterocycles. The van der Waals surface area contributed by atoms with Gasteiger partial charge < -0.3 is 10.1 Å². The van der Waals surface area contributed by atoms with Crippen LogP contribution in [-0.2, 0) is 24.2 Å². The second-order valence-electron chi connectivity index (χ2n) is 8.79. The number of ether oxygens (including phenoxy) is 1. The Bertz CT molecular complexity index is 1130. The highest BCUT2D eigenvalue weighted by Crippen LogP contribution is 2.27. The number of methoxy groups -OCH3 is 1. The summed E-state index contributed by atoms with van der Waals surface area (Å²) in [5.74, 6) is 2.82. The van der Waals surface area contributed by atoms with E-state index in [1.807, 2.05) is 25.1 Å². The van der Waals surface area contributed by atoms with Gasteiger partial charge in [-0.2, -0.15) is 0 Å². The lowest BCUT2D eigenvalue weighted by molar-refractivity contribution is -0.117. The summed E-state index contributed by atoms with van der Waals surface area (Å²) in [5, 5.41) is 11.5. The molecular formula is C25H30N6O2. The van der Waals surface area contributed by atoms with Crippen molar-refractivity contribution < 1.29 is 9.53 Å². The van der Waals surface area contributed by atoms with E-state index in [9.17, 15) is 4.79 Å². The molecule has 2 aliphatic heterocycles. The summed E-state index contributed by atoms with van der Waals surface area (Å²) < 4.78 is 7.34. The van der Waals surface area contributed by atoms with Gasteiger partial charge in [-0.1, -0.05) is 12.1 Å². The Morgan fingerprint density at radius 1 is 1.00 bits per heavy atom. The second kappa shape index (κ2) is 9.33. The number of fused-ring (bicyclic) bond motifs is 3. The molecule has 1 fully saturated rings. The van der Waals surface area contributed by atoms with Gasteiger partial charge in [0.2, 0.25) is 5.91 Å². The van der Waals surface area contributed by atoms with Crippen LogP contribution >= 0.6 is 0 Å². The first kappa shape index (κ1) is 21.6. The smallest absolute Gasteiger partial charge is 0.238 e. The number of carbonyl (C=O) groups excluding carboxylic acids is 1. The van der Waals surface area contributed by atoms with Gasteiger partial charge in [-0.05, 0) is 54.8 Å². The molecule has 8 heteroatoms. The highest BCUT2D eigenvalue weighted by Gasteiger charge is 2.21. The zero-order valence-corrected chi connectivity index (χ0v) is 19.3. The number of anilines is 1. The van der Waals surface area contributed by atoms with Crippen molar-refractivity contribution in [3.8, 4) is 11.4 Å². The summed E-state index contributed by atoms with van der Waals surface area (Å²) >= 11 is 0. The molecule has 0 radical (unpaired) electrons. The van der Waals surface area contributed by atoms with Crippen molar-refractivity contribution >= 4 is 11.6 Å². The Morgan fingerprint density at radius 2 is 1.76 bits per heavy atom. The van der Waals surface area contributed by atoms with Crippen LogP contribution < -0.4 is 10.1 Å². The molecule has 33 heavy (non-hydrogen) atoms. The van der Waals surface area contributed by atoms with E-state index in [0.717, 1.165) is 74.3 Å². The standard InChI is InChI=1S/C25H30N6O2/c1-18-27-28-24-10-5-20-15-21(6-9-23(20)31(18)24)26-25(32)17-30-13-11-29(12-14-30)16-19-3-7-22(33-2)8-4-19/h3-4,6-9,15H,5,10-14,16-17H2,1-2H3,(H,26,32). The maximum atomic E-state index is 12.7. The summed E-state index contributed by atoms with van der Waals surface area (Å²) in [6, 6.07) is 14.3. The highest BCUT2D eigenvalue weighted by molar-refractivity contribution is 5.92. The predicted molar refractivity (Wildman–Crippen MR) is 127 cm³/mol. The number of piperazine rings is 1. The molecule has 0 atom stereocenters. The van der Waals surface area contributed by atoms with Gasteiger partial charge in [0.1, 0.15) is 17.4 Å². The number of rotatable bonds is 6. The average Bonchev–Trinajstić information content (AvgIpc) is 3.22. The highest BCUT2D eigenvalue weighted by atomic mass is 16.5. The van der Waals surface area contributed by atoms with Gasteiger partial charge in [-0.25, -0.2) is 0 Å². The summed E-state index contributed by atoms with van der Waals surface area (Å²) in [5.41, 5.74) is 4.47. The maximum Gasteiger partial charge on any atom is 0.238 e. The zero-order chi connectivity index (χ0) is 22.8. The molecular weight excluding hydrogens is 416 g/mol. The summed E-state index contributed by atoms with van der Waals surface area (Å²) in [6.45, 7) is 7.01. The molecule has 5 rings (SSSR count). The molecule has 0 saturated carbocycles. The van der Waals surface area contributed by atoms with Crippen LogP contribution in [0.4, 0.5) is 5.69 Å². The van der Waals surface area contributed by atoms with Crippen molar-refractivity contribution in [3.63, 3.8) is 0 Å². The van der Waals surface area contributed by atoms with Crippen LogP contribution in [-0.4, -0.2) is 70.3 Å². The number of benzene rings is 2. The Hall–Kier alpha value is -3.23. The normalized spacial score (nSPS) is 16.2. The van der Waals surface area contributed by atoms with Crippen LogP contribution in [0.25, 0.3) is 5.69 Å². The van der Waals surface area contributed by atoms with Gasteiger partial charge in [-0.3, -0.25) is 19.2 Å². The van der Waals surface area contributed by atoms with Crippen LogP contribution in [0.5, 0.6) is 5.75 Å². The molecule has 0 bridgehead atoms. The van der Waals surface area contributed by atoms with Crippen molar-refractivity contribution in [3.05, 3.63) is 65.2 Å². The van der Waals surface area contributed by atoms with Crippen LogP contribution in [0, 0.1) is 6.92 Å². The largest absolute Gasteiger partial charge is 0.497 e. The number of carbonyl (C=O) groups is 1.